The maximum atomic E-state index is 13.8. The van der Waals surface area contributed by atoms with Crippen LogP contribution in [0.5, 0.6) is 0 Å². The maximum Gasteiger partial charge on any atom is 0.254 e. The van der Waals surface area contributed by atoms with E-state index in [2.05, 4.69) is 10.6 Å². The highest BCUT2D eigenvalue weighted by atomic mass is 19.2. The van der Waals surface area contributed by atoms with Gasteiger partial charge in [-0.3, -0.25) is 14.4 Å². The molecule has 7 nitrogen and oxygen atoms in total. The van der Waals surface area contributed by atoms with Gasteiger partial charge in [-0.15, -0.1) is 0 Å². The standard InChI is InChI=1S/C23H24F3N3O4/c1-2-10-29(13-19(30)28-17-9-8-16(24)20(25)21(17)26)23(32)14-5-3-6-15(12-14)27-22(31)18-7-4-11-33-18/h3,5-6,8-9,12,18H,2,4,7,10-11,13H2,1H3,(H,27,31)(H,28,30). The molecule has 2 N–H and O–H groups in total. The summed E-state index contributed by atoms with van der Waals surface area (Å²) in [6.07, 6.45) is 1.44. The van der Waals surface area contributed by atoms with E-state index in [9.17, 15) is 27.6 Å². The number of benzene rings is 2. The van der Waals surface area contributed by atoms with Gasteiger partial charge in [0, 0.05) is 24.4 Å². The van der Waals surface area contributed by atoms with Gasteiger partial charge in [-0.2, -0.15) is 0 Å². The Kier molecular flexibility index (Phi) is 8.05. The lowest BCUT2D eigenvalue weighted by atomic mass is 10.1. The number of ether oxygens (including phenoxy) is 1. The molecule has 176 valence electrons. The lowest BCUT2D eigenvalue weighted by molar-refractivity contribution is -0.124. The molecule has 1 fully saturated rings. The average molecular weight is 463 g/mol. The molecule has 0 spiro atoms. The number of carbonyl (C=O) groups excluding carboxylic acids is 3. The molecule has 1 heterocycles. The number of nitrogens with zero attached hydrogens (tertiary/aromatic N) is 1. The third kappa shape index (κ3) is 6.10. The van der Waals surface area contributed by atoms with Crippen molar-refractivity contribution >= 4 is 29.1 Å². The first kappa shape index (κ1) is 24.2. The summed E-state index contributed by atoms with van der Waals surface area (Å²) in [5, 5.41) is 4.87. The Balaban J connectivity index is 1.68. The van der Waals surface area contributed by atoms with Gasteiger partial charge in [-0.05, 0) is 49.6 Å². The Morgan fingerprint density at radius 2 is 1.88 bits per heavy atom. The molecule has 1 atom stereocenters. The highest BCUT2D eigenvalue weighted by Gasteiger charge is 2.24. The quantitative estimate of drug-likeness (QED) is 0.585. The minimum Gasteiger partial charge on any atom is -0.368 e. The predicted octanol–water partition coefficient (Wildman–Crippen LogP) is 3.71. The van der Waals surface area contributed by atoms with Gasteiger partial charge in [-0.1, -0.05) is 13.0 Å². The third-order valence-corrected chi connectivity index (χ3v) is 5.02. The molecule has 0 saturated carbocycles. The smallest absolute Gasteiger partial charge is 0.254 e. The van der Waals surface area contributed by atoms with Crippen LogP contribution in [0, 0.1) is 17.5 Å². The van der Waals surface area contributed by atoms with Crippen molar-refractivity contribution < 1.29 is 32.3 Å². The van der Waals surface area contributed by atoms with Crippen LogP contribution in [0.1, 0.15) is 36.5 Å². The van der Waals surface area contributed by atoms with E-state index >= 15 is 0 Å². The zero-order valence-electron chi connectivity index (χ0n) is 18.0. The second-order valence-electron chi connectivity index (χ2n) is 7.57. The number of halogens is 3. The van der Waals surface area contributed by atoms with Crippen LogP contribution in [0.2, 0.25) is 0 Å². The molecule has 0 radical (unpaired) electrons. The lowest BCUT2D eigenvalue weighted by Crippen LogP contribution is -2.38. The molecule has 0 aromatic heterocycles. The number of carbonyl (C=O) groups is 3. The Morgan fingerprint density at radius 1 is 1.09 bits per heavy atom. The minimum atomic E-state index is -1.70. The zero-order valence-corrected chi connectivity index (χ0v) is 18.0. The summed E-state index contributed by atoms with van der Waals surface area (Å²) in [6.45, 7) is 2.13. The molecule has 2 aromatic rings. The third-order valence-electron chi connectivity index (χ3n) is 5.02. The van der Waals surface area contributed by atoms with E-state index in [-0.39, 0.29) is 18.0 Å². The van der Waals surface area contributed by atoms with Crippen LogP contribution in [0.25, 0.3) is 0 Å². The Morgan fingerprint density at radius 3 is 2.58 bits per heavy atom. The second-order valence-corrected chi connectivity index (χ2v) is 7.57. The fourth-order valence-electron chi connectivity index (χ4n) is 3.43. The minimum absolute atomic E-state index is 0.221. The van der Waals surface area contributed by atoms with E-state index in [1.165, 1.54) is 11.0 Å². The lowest BCUT2D eigenvalue weighted by Gasteiger charge is -2.22. The molecular weight excluding hydrogens is 439 g/mol. The molecular formula is C23H24F3N3O4. The molecule has 3 rings (SSSR count). The molecule has 33 heavy (non-hydrogen) atoms. The fourth-order valence-corrected chi connectivity index (χ4v) is 3.43. The summed E-state index contributed by atoms with van der Waals surface area (Å²) >= 11 is 0. The molecule has 10 heteroatoms. The number of anilines is 2. The first-order chi connectivity index (χ1) is 15.8. The molecule has 1 unspecified atom stereocenters. The van der Waals surface area contributed by atoms with Crippen molar-refractivity contribution in [2.45, 2.75) is 32.3 Å². The van der Waals surface area contributed by atoms with E-state index in [4.69, 9.17) is 4.74 Å². The van der Waals surface area contributed by atoms with Crippen molar-refractivity contribution in [3.63, 3.8) is 0 Å². The molecule has 1 aliphatic heterocycles. The SMILES string of the molecule is CCCN(CC(=O)Nc1ccc(F)c(F)c1F)C(=O)c1cccc(NC(=O)C2CCCO2)c1. The average Bonchev–Trinajstić information content (AvgIpc) is 3.34. The van der Waals surface area contributed by atoms with E-state index < -0.39 is 47.6 Å². The number of amides is 3. The van der Waals surface area contributed by atoms with Crippen molar-refractivity contribution in [2.75, 3.05) is 30.3 Å². The first-order valence-corrected chi connectivity index (χ1v) is 10.5. The molecule has 0 aliphatic carbocycles. The number of hydrogen-bond donors (Lipinski definition) is 2. The summed E-state index contributed by atoms with van der Waals surface area (Å²) in [7, 11) is 0. The van der Waals surface area contributed by atoms with Crippen LogP contribution in [0.15, 0.2) is 36.4 Å². The summed E-state index contributed by atoms with van der Waals surface area (Å²) in [4.78, 5) is 38.9. The van der Waals surface area contributed by atoms with Crippen molar-refractivity contribution in [1.82, 2.24) is 4.90 Å². The van der Waals surface area contributed by atoms with Crippen LogP contribution >= 0.6 is 0 Å². The zero-order chi connectivity index (χ0) is 24.0. The van der Waals surface area contributed by atoms with Gasteiger partial charge in [0.1, 0.15) is 12.6 Å². The number of nitrogens with one attached hydrogen (secondary N) is 2. The van der Waals surface area contributed by atoms with E-state index in [1.807, 2.05) is 6.92 Å². The highest BCUT2D eigenvalue weighted by Crippen LogP contribution is 2.20. The maximum absolute atomic E-state index is 13.8. The summed E-state index contributed by atoms with van der Waals surface area (Å²) in [5.41, 5.74) is 0.119. The summed E-state index contributed by atoms with van der Waals surface area (Å²) < 4.78 is 45.7. The van der Waals surface area contributed by atoms with E-state index in [1.54, 1.807) is 18.2 Å². The van der Waals surface area contributed by atoms with Crippen LogP contribution < -0.4 is 10.6 Å². The Bertz CT molecular complexity index is 1040. The predicted molar refractivity (Wildman–Crippen MR) is 115 cm³/mol. The molecule has 1 saturated heterocycles. The molecule has 3 amide bonds. The van der Waals surface area contributed by atoms with Gasteiger partial charge in [0.25, 0.3) is 11.8 Å². The Hall–Kier alpha value is -3.40. The van der Waals surface area contributed by atoms with Gasteiger partial charge in [0.2, 0.25) is 5.91 Å². The monoisotopic (exact) mass is 463 g/mol. The van der Waals surface area contributed by atoms with Gasteiger partial charge in [0.05, 0.1) is 5.69 Å². The van der Waals surface area contributed by atoms with Crippen LogP contribution in [0.3, 0.4) is 0 Å². The molecule has 2 aromatic carbocycles. The number of rotatable bonds is 8. The van der Waals surface area contributed by atoms with Crippen LogP contribution in [0.4, 0.5) is 24.5 Å². The summed E-state index contributed by atoms with van der Waals surface area (Å²) in [5.74, 6) is -6.15. The normalized spacial score (nSPS) is 15.2. The van der Waals surface area contributed by atoms with Gasteiger partial charge in [-0.25, -0.2) is 13.2 Å². The largest absolute Gasteiger partial charge is 0.368 e. The van der Waals surface area contributed by atoms with Crippen LogP contribution in [-0.2, 0) is 14.3 Å². The summed E-state index contributed by atoms with van der Waals surface area (Å²) in [6, 6.07) is 7.85. The van der Waals surface area contributed by atoms with Crippen molar-refractivity contribution in [3.8, 4) is 0 Å². The van der Waals surface area contributed by atoms with Crippen LogP contribution in [-0.4, -0.2) is 48.4 Å². The molecule has 0 bridgehead atoms. The molecule has 1 aliphatic rings. The second kappa shape index (κ2) is 11.0. The van der Waals surface area contributed by atoms with Gasteiger partial charge in [0.15, 0.2) is 17.5 Å². The van der Waals surface area contributed by atoms with Crippen molar-refractivity contribution in [3.05, 3.63) is 59.4 Å². The van der Waals surface area contributed by atoms with Gasteiger partial charge >= 0.3 is 0 Å². The van der Waals surface area contributed by atoms with E-state index in [0.29, 0.717) is 31.2 Å². The van der Waals surface area contributed by atoms with Crippen molar-refractivity contribution in [1.29, 1.82) is 0 Å². The Labute approximate surface area is 188 Å². The number of hydrogen-bond acceptors (Lipinski definition) is 4. The van der Waals surface area contributed by atoms with Gasteiger partial charge < -0.3 is 20.3 Å². The topological polar surface area (TPSA) is 87.7 Å². The van der Waals surface area contributed by atoms with E-state index in [0.717, 1.165) is 12.5 Å². The van der Waals surface area contributed by atoms with Crippen molar-refractivity contribution in [2.24, 2.45) is 0 Å². The first-order valence-electron chi connectivity index (χ1n) is 10.5. The highest BCUT2D eigenvalue weighted by molar-refractivity contribution is 6.01. The fraction of sp³-hybridized carbons (Fsp3) is 0.348.